The van der Waals surface area contributed by atoms with Crippen molar-refractivity contribution >= 4 is 33.2 Å². The molecular weight excluding hydrogens is 296 g/mol. The molecule has 18 heavy (non-hydrogen) atoms. The fourth-order valence-corrected chi connectivity index (χ4v) is 2.31. The number of amides is 1. The molecule has 1 heterocycles. The molecule has 0 aliphatic rings. The van der Waals surface area contributed by atoms with Gasteiger partial charge in [-0.15, -0.1) is 0 Å². The van der Waals surface area contributed by atoms with Gasteiger partial charge >= 0.3 is 0 Å². The second kappa shape index (κ2) is 4.81. The van der Waals surface area contributed by atoms with E-state index in [1.165, 1.54) is 6.20 Å². The van der Waals surface area contributed by atoms with Gasteiger partial charge in [0.05, 0.1) is 23.1 Å². The molecule has 0 aliphatic carbocycles. The van der Waals surface area contributed by atoms with Gasteiger partial charge in [0.25, 0.3) is 5.91 Å². The van der Waals surface area contributed by atoms with Crippen molar-refractivity contribution in [2.45, 2.75) is 6.92 Å². The SMILES string of the molecule is Cc1cc(N)c(NC(=O)c2cnn(C)c2)c(Br)c1. The molecule has 2 rings (SSSR count). The van der Waals surface area contributed by atoms with E-state index in [0.29, 0.717) is 16.9 Å². The number of carbonyl (C=O) groups is 1. The summed E-state index contributed by atoms with van der Waals surface area (Å²) in [6.45, 7) is 1.94. The number of nitrogen functional groups attached to an aromatic ring is 1. The maximum absolute atomic E-state index is 12.0. The number of anilines is 2. The lowest BCUT2D eigenvalue weighted by molar-refractivity contribution is 0.102. The molecule has 0 saturated carbocycles. The number of aromatic nitrogens is 2. The van der Waals surface area contributed by atoms with Crippen molar-refractivity contribution in [2.75, 3.05) is 11.1 Å². The van der Waals surface area contributed by atoms with Gasteiger partial charge in [0.1, 0.15) is 0 Å². The van der Waals surface area contributed by atoms with Gasteiger partial charge in [-0.25, -0.2) is 0 Å². The Morgan fingerprint density at radius 1 is 1.50 bits per heavy atom. The lowest BCUT2D eigenvalue weighted by Crippen LogP contribution is -2.13. The lowest BCUT2D eigenvalue weighted by atomic mass is 10.2. The highest BCUT2D eigenvalue weighted by Crippen LogP contribution is 2.30. The van der Waals surface area contributed by atoms with E-state index in [0.717, 1.165) is 10.0 Å². The van der Waals surface area contributed by atoms with Crippen molar-refractivity contribution in [3.8, 4) is 0 Å². The van der Waals surface area contributed by atoms with Crippen molar-refractivity contribution in [3.63, 3.8) is 0 Å². The Balaban J connectivity index is 2.27. The molecule has 0 unspecified atom stereocenters. The molecule has 0 aliphatic heterocycles. The zero-order valence-electron chi connectivity index (χ0n) is 10.1. The first-order valence-corrected chi connectivity index (χ1v) is 6.12. The molecule has 2 aromatic rings. The second-order valence-corrected chi connectivity index (χ2v) is 4.92. The minimum absolute atomic E-state index is 0.237. The molecule has 94 valence electrons. The predicted molar refractivity (Wildman–Crippen MR) is 74.5 cm³/mol. The van der Waals surface area contributed by atoms with E-state index in [4.69, 9.17) is 5.73 Å². The number of nitrogens with zero attached hydrogens (tertiary/aromatic N) is 2. The molecule has 0 bridgehead atoms. The molecule has 5 nitrogen and oxygen atoms in total. The quantitative estimate of drug-likeness (QED) is 0.836. The summed E-state index contributed by atoms with van der Waals surface area (Å²) in [6.07, 6.45) is 3.15. The van der Waals surface area contributed by atoms with Crippen LogP contribution >= 0.6 is 15.9 Å². The van der Waals surface area contributed by atoms with Crippen molar-refractivity contribution in [1.82, 2.24) is 9.78 Å². The third kappa shape index (κ3) is 2.53. The zero-order valence-corrected chi connectivity index (χ0v) is 11.7. The normalized spacial score (nSPS) is 10.4. The highest BCUT2D eigenvalue weighted by atomic mass is 79.9. The van der Waals surface area contributed by atoms with Gasteiger partial charge in [-0.05, 0) is 40.5 Å². The summed E-state index contributed by atoms with van der Waals surface area (Å²) in [4.78, 5) is 12.0. The van der Waals surface area contributed by atoms with Crippen molar-refractivity contribution < 1.29 is 4.79 Å². The first kappa shape index (κ1) is 12.6. The van der Waals surface area contributed by atoms with E-state index < -0.39 is 0 Å². The highest BCUT2D eigenvalue weighted by molar-refractivity contribution is 9.10. The van der Waals surface area contributed by atoms with Crippen molar-refractivity contribution in [3.05, 3.63) is 40.1 Å². The largest absolute Gasteiger partial charge is 0.397 e. The monoisotopic (exact) mass is 308 g/mol. The summed E-state index contributed by atoms with van der Waals surface area (Å²) in [5, 5.41) is 6.72. The van der Waals surface area contributed by atoms with E-state index >= 15 is 0 Å². The molecule has 1 amide bonds. The Bertz CT molecular complexity index is 583. The Morgan fingerprint density at radius 3 is 2.78 bits per heavy atom. The molecule has 0 atom stereocenters. The number of benzene rings is 1. The van der Waals surface area contributed by atoms with Gasteiger partial charge in [-0.1, -0.05) is 0 Å². The van der Waals surface area contributed by atoms with Crippen LogP contribution in [0.5, 0.6) is 0 Å². The molecule has 3 N–H and O–H groups in total. The van der Waals surface area contributed by atoms with Crippen LogP contribution in [-0.2, 0) is 7.05 Å². The fourth-order valence-electron chi connectivity index (χ4n) is 1.63. The number of rotatable bonds is 2. The maximum Gasteiger partial charge on any atom is 0.258 e. The minimum Gasteiger partial charge on any atom is -0.397 e. The van der Waals surface area contributed by atoms with Crippen molar-refractivity contribution in [1.29, 1.82) is 0 Å². The fraction of sp³-hybridized carbons (Fsp3) is 0.167. The summed E-state index contributed by atoms with van der Waals surface area (Å²) in [5.74, 6) is -0.237. The van der Waals surface area contributed by atoms with Crippen LogP contribution in [0.3, 0.4) is 0 Å². The molecule has 0 saturated heterocycles. The van der Waals surface area contributed by atoms with Crippen LogP contribution in [0.4, 0.5) is 11.4 Å². The van der Waals surface area contributed by atoms with Gasteiger partial charge < -0.3 is 11.1 Å². The number of aryl methyl sites for hydroxylation is 2. The Morgan fingerprint density at radius 2 is 2.22 bits per heavy atom. The second-order valence-electron chi connectivity index (χ2n) is 4.07. The van der Waals surface area contributed by atoms with E-state index in [2.05, 4.69) is 26.3 Å². The van der Waals surface area contributed by atoms with Crippen LogP contribution in [0.15, 0.2) is 29.0 Å². The molecule has 0 fully saturated rings. The first-order valence-electron chi connectivity index (χ1n) is 5.33. The van der Waals surface area contributed by atoms with Crippen LogP contribution in [0, 0.1) is 6.92 Å². The van der Waals surface area contributed by atoms with E-state index in [1.54, 1.807) is 17.9 Å². The van der Waals surface area contributed by atoms with Crippen LogP contribution in [0.1, 0.15) is 15.9 Å². The Hall–Kier alpha value is -1.82. The minimum atomic E-state index is -0.237. The van der Waals surface area contributed by atoms with E-state index in [9.17, 15) is 4.79 Å². The topological polar surface area (TPSA) is 72.9 Å². The van der Waals surface area contributed by atoms with Gasteiger partial charge in [0.15, 0.2) is 0 Å². The molecule has 1 aromatic carbocycles. The van der Waals surface area contributed by atoms with Crippen LogP contribution in [0.2, 0.25) is 0 Å². The smallest absolute Gasteiger partial charge is 0.258 e. The first-order chi connectivity index (χ1) is 8.47. The van der Waals surface area contributed by atoms with Gasteiger partial charge in [0.2, 0.25) is 0 Å². The summed E-state index contributed by atoms with van der Waals surface area (Å²) in [6, 6.07) is 3.71. The third-order valence-corrected chi connectivity index (χ3v) is 3.10. The summed E-state index contributed by atoms with van der Waals surface area (Å²) >= 11 is 3.39. The van der Waals surface area contributed by atoms with Gasteiger partial charge in [-0.3, -0.25) is 9.48 Å². The third-order valence-electron chi connectivity index (χ3n) is 2.47. The standard InChI is InChI=1S/C12H13BrN4O/c1-7-3-9(13)11(10(14)4-7)16-12(18)8-5-15-17(2)6-8/h3-6H,14H2,1-2H3,(H,16,18). The summed E-state index contributed by atoms with van der Waals surface area (Å²) in [5.41, 5.74) is 8.51. The van der Waals surface area contributed by atoms with Crippen LogP contribution in [0.25, 0.3) is 0 Å². The van der Waals surface area contributed by atoms with E-state index in [-0.39, 0.29) is 5.91 Å². The average molecular weight is 309 g/mol. The van der Waals surface area contributed by atoms with Crippen LogP contribution < -0.4 is 11.1 Å². The average Bonchev–Trinajstić information content (AvgIpc) is 2.70. The molecular formula is C12H13BrN4O. The number of hydrogen-bond acceptors (Lipinski definition) is 3. The number of carbonyl (C=O) groups excluding carboxylic acids is 1. The molecule has 0 radical (unpaired) electrons. The zero-order chi connectivity index (χ0) is 13.3. The summed E-state index contributed by atoms with van der Waals surface area (Å²) in [7, 11) is 1.76. The van der Waals surface area contributed by atoms with E-state index in [1.807, 2.05) is 19.1 Å². The van der Waals surface area contributed by atoms with Crippen LogP contribution in [-0.4, -0.2) is 15.7 Å². The van der Waals surface area contributed by atoms with Gasteiger partial charge in [0, 0.05) is 17.7 Å². The van der Waals surface area contributed by atoms with Gasteiger partial charge in [-0.2, -0.15) is 5.10 Å². The van der Waals surface area contributed by atoms with Crippen molar-refractivity contribution in [2.24, 2.45) is 7.05 Å². The molecule has 0 spiro atoms. The number of halogens is 1. The number of hydrogen-bond donors (Lipinski definition) is 2. The lowest BCUT2D eigenvalue weighted by Gasteiger charge is -2.10. The number of nitrogens with one attached hydrogen (secondary N) is 1. The predicted octanol–water partition coefficient (Wildman–Crippen LogP) is 2.33. The number of nitrogens with two attached hydrogens (primary N) is 1. The maximum atomic E-state index is 12.0. The highest BCUT2D eigenvalue weighted by Gasteiger charge is 2.12. The summed E-state index contributed by atoms with van der Waals surface area (Å²) < 4.78 is 2.33. The molecule has 1 aromatic heterocycles. The Labute approximate surface area is 113 Å². The Kier molecular flexibility index (Phi) is 3.38. The molecule has 6 heteroatoms.